The van der Waals surface area contributed by atoms with Gasteiger partial charge in [-0.25, -0.2) is 16.8 Å². The van der Waals surface area contributed by atoms with E-state index >= 15 is 0 Å². The molecule has 0 aliphatic carbocycles. The second-order valence-electron chi connectivity index (χ2n) is 6.80. The summed E-state index contributed by atoms with van der Waals surface area (Å²) in [6, 6.07) is 9.19. The van der Waals surface area contributed by atoms with Gasteiger partial charge in [-0.1, -0.05) is 12.1 Å². The number of benzene rings is 2. The highest BCUT2D eigenvalue weighted by Crippen LogP contribution is 2.21. The molecule has 0 saturated heterocycles. The third kappa shape index (κ3) is 4.98. The average Bonchev–Trinajstić information content (AvgIpc) is 2.58. The Kier molecular flexibility index (Phi) is 6.32. The summed E-state index contributed by atoms with van der Waals surface area (Å²) in [6.07, 6.45) is 1.08. The van der Waals surface area contributed by atoms with Gasteiger partial charge in [0.1, 0.15) is 0 Å². The first-order chi connectivity index (χ1) is 12.8. The van der Waals surface area contributed by atoms with Crippen LogP contribution in [-0.4, -0.2) is 46.9 Å². The van der Waals surface area contributed by atoms with Crippen LogP contribution in [0.15, 0.2) is 46.2 Å². The Morgan fingerprint density at radius 1 is 0.893 bits per heavy atom. The molecule has 28 heavy (non-hydrogen) atoms. The molecule has 7 nitrogen and oxygen atoms in total. The third-order valence-corrected chi connectivity index (χ3v) is 7.37. The maximum atomic E-state index is 12.7. The van der Waals surface area contributed by atoms with Gasteiger partial charge in [0, 0.05) is 19.0 Å². The minimum atomic E-state index is -3.83. The van der Waals surface area contributed by atoms with Crippen LogP contribution in [0.4, 0.5) is 5.69 Å². The highest BCUT2D eigenvalue weighted by Gasteiger charge is 2.23. The number of hydrogen-bond donors (Lipinski definition) is 1. The van der Waals surface area contributed by atoms with E-state index in [1.165, 1.54) is 25.2 Å². The van der Waals surface area contributed by atoms with Gasteiger partial charge in [0.2, 0.25) is 15.9 Å². The van der Waals surface area contributed by atoms with Gasteiger partial charge >= 0.3 is 0 Å². The van der Waals surface area contributed by atoms with Crippen molar-refractivity contribution in [1.29, 1.82) is 0 Å². The van der Waals surface area contributed by atoms with Gasteiger partial charge in [0.25, 0.3) is 0 Å². The first-order valence-electron chi connectivity index (χ1n) is 8.46. The average molecular weight is 425 g/mol. The molecule has 0 heterocycles. The minimum absolute atomic E-state index is 0.0736. The van der Waals surface area contributed by atoms with Gasteiger partial charge in [-0.2, -0.15) is 4.31 Å². The quantitative estimate of drug-likeness (QED) is 0.767. The van der Waals surface area contributed by atoms with E-state index in [1.54, 1.807) is 25.1 Å². The largest absolute Gasteiger partial charge is 0.325 e. The van der Waals surface area contributed by atoms with Crippen LogP contribution >= 0.6 is 0 Å². The van der Waals surface area contributed by atoms with Gasteiger partial charge in [-0.3, -0.25) is 4.79 Å². The lowest BCUT2D eigenvalue weighted by Gasteiger charge is -2.18. The Bertz CT molecular complexity index is 1120. The first kappa shape index (κ1) is 22.1. The molecule has 1 N–H and O–H groups in total. The van der Waals surface area contributed by atoms with E-state index in [9.17, 15) is 21.6 Å². The number of anilines is 1. The highest BCUT2D eigenvalue weighted by atomic mass is 32.2. The van der Waals surface area contributed by atoms with Crippen LogP contribution in [0.25, 0.3) is 0 Å². The Hall–Kier alpha value is -2.23. The molecule has 2 rings (SSSR count). The fraction of sp³-hybridized carbons (Fsp3) is 0.316. The summed E-state index contributed by atoms with van der Waals surface area (Å²) in [5.41, 5.74) is 2.80. The number of nitrogens with one attached hydrogen (secondary N) is 1. The van der Waals surface area contributed by atoms with Gasteiger partial charge < -0.3 is 5.32 Å². The van der Waals surface area contributed by atoms with E-state index in [0.717, 1.165) is 21.7 Å². The summed E-state index contributed by atoms with van der Waals surface area (Å²) in [7, 11) is -5.93. The van der Waals surface area contributed by atoms with Gasteiger partial charge in [0.15, 0.2) is 9.84 Å². The number of sulfone groups is 1. The van der Waals surface area contributed by atoms with Crippen molar-refractivity contribution in [2.24, 2.45) is 0 Å². The second kappa shape index (κ2) is 8.02. The summed E-state index contributed by atoms with van der Waals surface area (Å²) in [6.45, 7) is 5.02. The van der Waals surface area contributed by atoms with Crippen molar-refractivity contribution in [1.82, 2.24) is 4.31 Å². The van der Waals surface area contributed by atoms with E-state index in [2.05, 4.69) is 5.32 Å². The molecule has 9 heteroatoms. The lowest BCUT2D eigenvalue weighted by atomic mass is 10.1. The van der Waals surface area contributed by atoms with Gasteiger partial charge in [-0.15, -0.1) is 0 Å². The standard InChI is InChI=1S/C19H24N2O5S2/c1-13-6-9-17(10-15(13)3)28(25,26)21(4)12-19(22)20-18-11-16(27(5,23)24)8-7-14(18)2/h6-11H,12H2,1-5H3,(H,20,22). The SMILES string of the molecule is Cc1ccc(S(=O)(=O)N(C)CC(=O)Nc2cc(S(C)(=O)=O)ccc2C)cc1C. The maximum Gasteiger partial charge on any atom is 0.243 e. The van der Waals surface area contributed by atoms with E-state index in [4.69, 9.17) is 0 Å². The van der Waals surface area contributed by atoms with Crippen molar-refractivity contribution in [3.8, 4) is 0 Å². The number of likely N-dealkylation sites (N-methyl/N-ethyl adjacent to an activating group) is 1. The smallest absolute Gasteiger partial charge is 0.243 e. The van der Waals surface area contributed by atoms with E-state index in [-0.39, 0.29) is 9.79 Å². The Morgan fingerprint density at radius 3 is 2.04 bits per heavy atom. The molecule has 0 radical (unpaired) electrons. The summed E-state index contributed by atoms with van der Waals surface area (Å²) in [5.74, 6) is -0.566. The van der Waals surface area contributed by atoms with E-state index in [1.807, 2.05) is 13.8 Å². The number of amides is 1. The van der Waals surface area contributed by atoms with Crippen LogP contribution in [0, 0.1) is 20.8 Å². The number of aryl methyl sites for hydroxylation is 3. The molecule has 0 fully saturated rings. The molecule has 0 aromatic heterocycles. The Balaban J connectivity index is 2.19. The number of rotatable bonds is 6. The van der Waals surface area contributed by atoms with Crippen LogP contribution in [0.5, 0.6) is 0 Å². The zero-order chi connectivity index (χ0) is 21.3. The minimum Gasteiger partial charge on any atom is -0.325 e. The first-order valence-corrected chi connectivity index (χ1v) is 11.8. The van der Waals surface area contributed by atoms with E-state index < -0.39 is 32.3 Å². The number of carbonyl (C=O) groups is 1. The fourth-order valence-corrected chi connectivity index (χ4v) is 4.36. The zero-order valence-electron chi connectivity index (χ0n) is 16.5. The molecular formula is C19H24N2O5S2. The lowest BCUT2D eigenvalue weighted by Crippen LogP contribution is -2.35. The summed E-state index contributed by atoms with van der Waals surface area (Å²) in [5, 5.41) is 2.59. The molecule has 0 atom stereocenters. The van der Waals surface area contributed by atoms with Crippen LogP contribution in [0.1, 0.15) is 16.7 Å². The topological polar surface area (TPSA) is 101 Å². The number of carbonyl (C=O) groups excluding carboxylic acids is 1. The Labute approximate surface area is 166 Å². The predicted octanol–water partition coefficient (Wildman–Crippen LogP) is 2.27. The van der Waals surface area contributed by atoms with Crippen LogP contribution in [-0.2, 0) is 24.7 Å². The molecule has 1 amide bonds. The van der Waals surface area contributed by atoms with Crippen LogP contribution in [0.3, 0.4) is 0 Å². The van der Waals surface area contributed by atoms with Gasteiger partial charge in [-0.05, 0) is 61.7 Å². The van der Waals surface area contributed by atoms with E-state index in [0.29, 0.717) is 11.3 Å². The summed E-state index contributed by atoms with van der Waals surface area (Å²) >= 11 is 0. The zero-order valence-corrected chi connectivity index (χ0v) is 18.1. The second-order valence-corrected chi connectivity index (χ2v) is 10.9. The molecule has 0 saturated carbocycles. The number of hydrogen-bond acceptors (Lipinski definition) is 5. The predicted molar refractivity (Wildman–Crippen MR) is 109 cm³/mol. The van der Waals surface area contributed by atoms with Crippen molar-refractivity contribution >= 4 is 31.5 Å². The summed E-state index contributed by atoms with van der Waals surface area (Å²) in [4.78, 5) is 12.6. The summed E-state index contributed by atoms with van der Waals surface area (Å²) < 4.78 is 49.8. The van der Waals surface area contributed by atoms with Crippen molar-refractivity contribution in [2.45, 2.75) is 30.6 Å². The maximum absolute atomic E-state index is 12.7. The molecule has 0 aliphatic heterocycles. The molecular weight excluding hydrogens is 400 g/mol. The Morgan fingerprint density at radius 2 is 1.46 bits per heavy atom. The normalized spacial score (nSPS) is 12.2. The fourth-order valence-electron chi connectivity index (χ4n) is 2.50. The van der Waals surface area contributed by atoms with Crippen molar-refractivity contribution in [3.05, 3.63) is 53.1 Å². The van der Waals surface area contributed by atoms with Crippen molar-refractivity contribution in [3.63, 3.8) is 0 Å². The highest BCUT2D eigenvalue weighted by molar-refractivity contribution is 7.90. The van der Waals surface area contributed by atoms with Crippen LogP contribution < -0.4 is 5.32 Å². The molecule has 0 bridgehead atoms. The lowest BCUT2D eigenvalue weighted by molar-refractivity contribution is -0.116. The van der Waals surface area contributed by atoms with Crippen molar-refractivity contribution in [2.75, 3.05) is 25.2 Å². The molecule has 2 aromatic carbocycles. The molecule has 0 spiro atoms. The molecule has 0 aliphatic rings. The number of sulfonamides is 1. The monoisotopic (exact) mass is 424 g/mol. The van der Waals surface area contributed by atoms with Crippen LogP contribution in [0.2, 0.25) is 0 Å². The number of nitrogens with zero attached hydrogens (tertiary/aromatic N) is 1. The molecule has 0 unspecified atom stereocenters. The van der Waals surface area contributed by atoms with Crippen molar-refractivity contribution < 1.29 is 21.6 Å². The van der Waals surface area contributed by atoms with Gasteiger partial charge in [0.05, 0.1) is 16.3 Å². The molecule has 152 valence electrons. The third-order valence-electron chi connectivity index (χ3n) is 4.46. The molecule has 2 aromatic rings.